The second kappa shape index (κ2) is 8.78. The number of primary amides is 1. The number of carbonyl (C=O) groups excluding carboxylic acids is 2. The molecule has 2 heterocycles. The Morgan fingerprint density at radius 2 is 1.83 bits per heavy atom. The van der Waals surface area contributed by atoms with Crippen molar-refractivity contribution < 1.29 is 28.6 Å². The molecule has 3 aromatic rings. The van der Waals surface area contributed by atoms with Crippen LogP contribution in [0.5, 0.6) is 5.75 Å². The van der Waals surface area contributed by atoms with Gasteiger partial charge in [-0.25, -0.2) is 9.18 Å². The highest BCUT2D eigenvalue weighted by molar-refractivity contribution is 6.09. The first-order valence-electron chi connectivity index (χ1n) is 11.6. The van der Waals surface area contributed by atoms with E-state index in [1.807, 2.05) is 0 Å². The molecule has 2 aromatic carbocycles. The summed E-state index contributed by atoms with van der Waals surface area (Å²) in [5.41, 5.74) is 5.92. The number of carboxylic acid groups (broad SMARTS) is 1. The number of benzene rings is 2. The zero-order valence-electron chi connectivity index (χ0n) is 19.6. The number of aromatic nitrogens is 2. The number of carbonyl (C=O) groups is 3. The lowest BCUT2D eigenvalue weighted by Gasteiger charge is -2.21. The molecule has 2 amide bonds. The van der Waals surface area contributed by atoms with Crippen LogP contribution in [0, 0.1) is 11.2 Å². The van der Waals surface area contributed by atoms with Crippen LogP contribution < -0.4 is 10.5 Å². The predicted octanol–water partition coefficient (Wildman–Crippen LogP) is 3.09. The average molecular weight is 493 g/mol. The topological polar surface area (TPSA) is 128 Å². The summed E-state index contributed by atoms with van der Waals surface area (Å²) in [6.45, 7) is 1.17. The van der Waals surface area contributed by atoms with Gasteiger partial charge in [-0.1, -0.05) is 18.2 Å². The number of ether oxygens (including phenoxy) is 1. The van der Waals surface area contributed by atoms with Crippen LogP contribution in [0.15, 0.2) is 36.4 Å². The number of amides is 2. The predicted molar refractivity (Wildman–Crippen MR) is 130 cm³/mol. The van der Waals surface area contributed by atoms with Crippen molar-refractivity contribution in [3.8, 4) is 5.75 Å². The number of aromatic carboxylic acids is 1. The Bertz CT molecular complexity index is 1410. The largest absolute Gasteiger partial charge is 0.495 e. The standard InChI is InChI=1S/C26H25FN4O5/c1-36-22-17(23(32)33)9-11-19-21(22)18(10-6-15-4-7-16(27)8-5-15)29-31(19)20-14-26(20,24(28)34)25(35)30-12-2-3-13-30/h4-11,20H,2-3,12-14H2,1H3,(H2,28,34)(H,32,33). The maximum Gasteiger partial charge on any atom is 0.339 e. The van der Waals surface area contributed by atoms with Crippen LogP contribution in [0.2, 0.25) is 0 Å². The minimum absolute atomic E-state index is 0.0499. The summed E-state index contributed by atoms with van der Waals surface area (Å²) in [6.07, 6.45) is 5.34. The number of nitrogens with zero attached hydrogens (tertiary/aromatic N) is 3. The molecule has 1 saturated carbocycles. The lowest BCUT2D eigenvalue weighted by Crippen LogP contribution is -2.43. The van der Waals surface area contributed by atoms with Gasteiger partial charge in [0.15, 0.2) is 5.41 Å². The van der Waals surface area contributed by atoms with Gasteiger partial charge in [0.25, 0.3) is 0 Å². The lowest BCUT2D eigenvalue weighted by atomic mass is 10.0. The van der Waals surface area contributed by atoms with Crippen LogP contribution in [0.3, 0.4) is 0 Å². The molecule has 186 valence electrons. The van der Waals surface area contributed by atoms with Gasteiger partial charge in [0.2, 0.25) is 11.8 Å². The number of rotatable bonds is 7. The van der Waals surface area contributed by atoms with Gasteiger partial charge in [-0.05, 0) is 55.2 Å². The Hall–Kier alpha value is -4.21. The molecule has 0 bridgehead atoms. The average Bonchev–Trinajstić information content (AvgIpc) is 3.20. The van der Waals surface area contributed by atoms with Crippen molar-refractivity contribution in [2.24, 2.45) is 11.1 Å². The Kier molecular flexibility index (Phi) is 5.74. The first kappa shape index (κ1) is 23.5. The van der Waals surface area contributed by atoms with E-state index in [-0.39, 0.29) is 29.5 Å². The summed E-state index contributed by atoms with van der Waals surface area (Å²) in [5, 5.41) is 14.8. The molecule has 0 radical (unpaired) electrons. The number of methoxy groups -OCH3 is 1. The number of hydrogen-bond acceptors (Lipinski definition) is 5. The molecule has 2 unspecified atom stereocenters. The third-order valence-electron chi connectivity index (χ3n) is 7.03. The summed E-state index contributed by atoms with van der Waals surface area (Å²) in [6, 6.07) is 8.24. The summed E-state index contributed by atoms with van der Waals surface area (Å²) >= 11 is 0. The lowest BCUT2D eigenvalue weighted by molar-refractivity contribution is -0.142. The highest BCUT2D eigenvalue weighted by Crippen LogP contribution is 2.58. The Balaban J connectivity index is 1.64. The molecule has 3 N–H and O–H groups in total. The van der Waals surface area contributed by atoms with Crippen molar-refractivity contribution in [3.63, 3.8) is 0 Å². The number of likely N-dealkylation sites (tertiary alicyclic amines) is 1. The third kappa shape index (κ3) is 3.69. The van der Waals surface area contributed by atoms with Crippen molar-refractivity contribution in [1.29, 1.82) is 0 Å². The van der Waals surface area contributed by atoms with Crippen LogP contribution in [0.1, 0.15) is 46.9 Å². The van der Waals surface area contributed by atoms with Gasteiger partial charge in [0.05, 0.1) is 29.7 Å². The highest BCUT2D eigenvalue weighted by atomic mass is 19.1. The molecule has 10 heteroatoms. The van der Waals surface area contributed by atoms with E-state index in [2.05, 4.69) is 5.10 Å². The maximum absolute atomic E-state index is 13.3. The van der Waals surface area contributed by atoms with Crippen molar-refractivity contribution in [2.45, 2.75) is 25.3 Å². The zero-order chi connectivity index (χ0) is 25.6. The smallest absolute Gasteiger partial charge is 0.339 e. The van der Waals surface area contributed by atoms with Gasteiger partial charge in [-0.2, -0.15) is 5.10 Å². The second-order valence-electron chi connectivity index (χ2n) is 9.12. The number of nitrogens with two attached hydrogens (primary N) is 1. The van der Waals surface area contributed by atoms with Gasteiger partial charge >= 0.3 is 5.97 Å². The van der Waals surface area contributed by atoms with E-state index in [0.29, 0.717) is 35.2 Å². The molecular formula is C26H25FN4O5. The van der Waals surface area contributed by atoms with Crippen LogP contribution >= 0.6 is 0 Å². The van der Waals surface area contributed by atoms with Crippen LogP contribution in [-0.2, 0) is 9.59 Å². The van der Waals surface area contributed by atoms with E-state index in [1.54, 1.807) is 39.9 Å². The van der Waals surface area contributed by atoms with Crippen molar-refractivity contribution >= 4 is 40.8 Å². The van der Waals surface area contributed by atoms with Crippen molar-refractivity contribution in [3.05, 3.63) is 59.0 Å². The summed E-state index contributed by atoms with van der Waals surface area (Å²) in [7, 11) is 1.37. The van der Waals surface area contributed by atoms with E-state index in [0.717, 1.165) is 12.8 Å². The van der Waals surface area contributed by atoms with Gasteiger partial charge in [-0.3, -0.25) is 14.3 Å². The van der Waals surface area contributed by atoms with E-state index >= 15 is 0 Å². The van der Waals surface area contributed by atoms with E-state index < -0.39 is 23.3 Å². The minimum atomic E-state index is -1.40. The molecule has 2 aliphatic rings. The monoisotopic (exact) mass is 492 g/mol. The van der Waals surface area contributed by atoms with Crippen LogP contribution in [0.4, 0.5) is 4.39 Å². The van der Waals surface area contributed by atoms with Crippen LogP contribution in [-0.4, -0.2) is 57.8 Å². The second-order valence-corrected chi connectivity index (χ2v) is 9.12. The number of fused-ring (bicyclic) bond motifs is 1. The van der Waals surface area contributed by atoms with Gasteiger partial charge in [-0.15, -0.1) is 0 Å². The number of halogens is 1. The highest BCUT2D eigenvalue weighted by Gasteiger charge is 2.68. The normalized spacial score (nSPS) is 21.3. The molecule has 1 aromatic heterocycles. The molecule has 9 nitrogen and oxygen atoms in total. The molecule has 1 saturated heterocycles. The first-order valence-corrected chi connectivity index (χ1v) is 11.6. The molecule has 5 rings (SSSR count). The fraction of sp³-hybridized carbons (Fsp3) is 0.308. The molecule has 36 heavy (non-hydrogen) atoms. The quantitative estimate of drug-likeness (QED) is 0.488. The maximum atomic E-state index is 13.3. The first-order chi connectivity index (χ1) is 17.3. The number of carboxylic acids is 1. The molecule has 1 aliphatic heterocycles. The molecule has 2 atom stereocenters. The van der Waals surface area contributed by atoms with E-state index in [1.165, 1.54) is 25.3 Å². The molecule has 1 aliphatic carbocycles. The van der Waals surface area contributed by atoms with Crippen molar-refractivity contribution in [1.82, 2.24) is 14.7 Å². The van der Waals surface area contributed by atoms with E-state index in [4.69, 9.17) is 10.5 Å². The Labute approximate surface area is 205 Å². The Morgan fingerprint density at radius 3 is 2.44 bits per heavy atom. The Morgan fingerprint density at radius 1 is 1.14 bits per heavy atom. The van der Waals surface area contributed by atoms with Gasteiger partial charge < -0.3 is 20.5 Å². The molecule has 2 fully saturated rings. The van der Waals surface area contributed by atoms with Gasteiger partial charge in [0, 0.05) is 13.1 Å². The molecular weight excluding hydrogens is 467 g/mol. The summed E-state index contributed by atoms with van der Waals surface area (Å²) < 4.78 is 20.4. The fourth-order valence-corrected chi connectivity index (χ4v) is 5.06. The summed E-state index contributed by atoms with van der Waals surface area (Å²) in [4.78, 5) is 39.5. The third-order valence-corrected chi connectivity index (χ3v) is 7.03. The fourth-order valence-electron chi connectivity index (χ4n) is 5.06. The van der Waals surface area contributed by atoms with Gasteiger partial charge in [0.1, 0.15) is 17.1 Å². The molecule has 0 spiro atoms. The SMILES string of the molecule is COc1c(C(=O)O)ccc2c1c(C=Cc1ccc(F)cc1)nn2C1CC1(C(N)=O)C(=O)N1CCCC1. The number of hydrogen-bond donors (Lipinski definition) is 2. The van der Waals surface area contributed by atoms with E-state index in [9.17, 15) is 23.9 Å². The van der Waals surface area contributed by atoms with Crippen molar-refractivity contribution in [2.75, 3.05) is 20.2 Å². The summed E-state index contributed by atoms with van der Waals surface area (Å²) in [5.74, 6) is -2.42. The zero-order valence-corrected chi connectivity index (χ0v) is 19.6. The van der Waals surface area contributed by atoms with Crippen LogP contribution in [0.25, 0.3) is 23.1 Å². The minimum Gasteiger partial charge on any atom is -0.495 e.